The van der Waals surface area contributed by atoms with Crippen LogP contribution in [0.3, 0.4) is 0 Å². The highest BCUT2D eigenvalue weighted by Gasteiger charge is 2.34. The van der Waals surface area contributed by atoms with Crippen LogP contribution in [-0.2, 0) is 19.1 Å². The van der Waals surface area contributed by atoms with E-state index in [4.69, 9.17) is 0 Å². The molecule has 0 fully saturated rings. The number of hydrogen-bond donors (Lipinski definition) is 2. The number of alkyl halides is 3. The molecule has 9 heteroatoms. The minimum Gasteiger partial charge on any atom is -0.347 e. The van der Waals surface area contributed by atoms with Gasteiger partial charge in [0.2, 0.25) is 0 Å². The molecular weight excluding hydrogens is 373 g/mol. The Morgan fingerprint density at radius 2 is 1.96 bits per heavy atom. The Balaban J connectivity index is 1.94. The summed E-state index contributed by atoms with van der Waals surface area (Å²) in [7, 11) is 0. The lowest BCUT2D eigenvalue weighted by Gasteiger charge is -2.17. The summed E-state index contributed by atoms with van der Waals surface area (Å²) < 4.78 is 41.1. The second-order valence-electron chi connectivity index (χ2n) is 6.34. The second-order valence-corrected chi connectivity index (χ2v) is 6.34. The quantitative estimate of drug-likeness (QED) is 0.766. The number of halogens is 3. The SMILES string of the molecule is C=CCNC(=O)c1nc(C(=O)Nc2ccccc2C(F)(F)F)n2c1CCCC2. The maximum atomic E-state index is 13.2. The van der Waals surface area contributed by atoms with Gasteiger partial charge in [0.15, 0.2) is 5.82 Å². The summed E-state index contributed by atoms with van der Waals surface area (Å²) in [6, 6.07) is 4.72. The van der Waals surface area contributed by atoms with E-state index in [-0.39, 0.29) is 23.8 Å². The number of carbonyl (C=O) groups is 2. The molecular formula is C19H19F3N4O2. The highest BCUT2D eigenvalue weighted by molar-refractivity contribution is 6.04. The number of imidazole rings is 1. The van der Waals surface area contributed by atoms with E-state index >= 15 is 0 Å². The fraction of sp³-hybridized carbons (Fsp3) is 0.316. The molecule has 2 N–H and O–H groups in total. The van der Waals surface area contributed by atoms with Gasteiger partial charge >= 0.3 is 6.18 Å². The van der Waals surface area contributed by atoms with Crippen molar-refractivity contribution in [2.24, 2.45) is 0 Å². The lowest BCUT2D eigenvalue weighted by atomic mass is 10.1. The van der Waals surface area contributed by atoms with Crippen LogP contribution in [0.15, 0.2) is 36.9 Å². The van der Waals surface area contributed by atoms with Crippen molar-refractivity contribution in [3.63, 3.8) is 0 Å². The largest absolute Gasteiger partial charge is 0.418 e. The maximum Gasteiger partial charge on any atom is 0.418 e. The van der Waals surface area contributed by atoms with Gasteiger partial charge in [-0.1, -0.05) is 18.2 Å². The van der Waals surface area contributed by atoms with Crippen molar-refractivity contribution >= 4 is 17.5 Å². The summed E-state index contributed by atoms with van der Waals surface area (Å²) >= 11 is 0. The van der Waals surface area contributed by atoms with E-state index in [1.54, 1.807) is 4.57 Å². The van der Waals surface area contributed by atoms with Crippen LogP contribution in [0.2, 0.25) is 0 Å². The van der Waals surface area contributed by atoms with Crippen molar-refractivity contribution in [2.45, 2.75) is 32.0 Å². The van der Waals surface area contributed by atoms with E-state index in [0.29, 0.717) is 18.7 Å². The monoisotopic (exact) mass is 392 g/mol. The molecule has 0 spiro atoms. The summed E-state index contributed by atoms with van der Waals surface area (Å²) in [6.45, 7) is 4.24. The number of hydrogen-bond acceptors (Lipinski definition) is 3. The van der Waals surface area contributed by atoms with Crippen LogP contribution >= 0.6 is 0 Å². The molecule has 0 saturated carbocycles. The number of para-hydroxylation sites is 1. The predicted octanol–water partition coefficient (Wildman–Crippen LogP) is 3.41. The van der Waals surface area contributed by atoms with Crippen LogP contribution in [0.4, 0.5) is 18.9 Å². The maximum absolute atomic E-state index is 13.2. The average molecular weight is 392 g/mol. The Labute approximate surface area is 159 Å². The molecule has 0 bridgehead atoms. The minimum absolute atomic E-state index is 0.0737. The number of benzene rings is 1. The Morgan fingerprint density at radius 1 is 1.21 bits per heavy atom. The lowest BCUT2D eigenvalue weighted by molar-refractivity contribution is -0.136. The Bertz CT molecular complexity index is 918. The fourth-order valence-electron chi connectivity index (χ4n) is 3.16. The first-order valence-electron chi connectivity index (χ1n) is 8.79. The summed E-state index contributed by atoms with van der Waals surface area (Å²) in [5.74, 6) is -1.31. The number of rotatable bonds is 5. The van der Waals surface area contributed by atoms with Crippen molar-refractivity contribution < 1.29 is 22.8 Å². The molecule has 1 aliphatic rings. The van der Waals surface area contributed by atoms with Crippen molar-refractivity contribution in [3.8, 4) is 0 Å². The first-order chi connectivity index (χ1) is 13.3. The van der Waals surface area contributed by atoms with Crippen molar-refractivity contribution in [2.75, 3.05) is 11.9 Å². The van der Waals surface area contributed by atoms with Crippen molar-refractivity contribution in [1.29, 1.82) is 0 Å². The Morgan fingerprint density at radius 3 is 2.68 bits per heavy atom. The van der Waals surface area contributed by atoms with Crippen LogP contribution in [0, 0.1) is 0 Å². The molecule has 0 radical (unpaired) electrons. The number of nitrogens with zero attached hydrogens (tertiary/aromatic N) is 2. The zero-order valence-corrected chi connectivity index (χ0v) is 15.0. The Kier molecular flexibility index (Phi) is 5.53. The fourth-order valence-corrected chi connectivity index (χ4v) is 3.16. The van der Waals surface area contributed by atoms with Gasteiger partial charge in [-0.25, -0.2) is 4.98 Å². The van der Waals surface area contributed by atoms with Gasteiger partial charge in [0.05, 0.1) is 16.9 Å². The predicted molar refractivity (Wildman–Crippen MR) is 97.1 cm³/mol. The van der Waals surface area contributed by atoms with E-state index in [1.807, 2.05) is 0 Å². The van der Waals surface area contributed by atoms with E-state index in [0.717, 1.165) is 18.9 Å². The second kappa shape index (κ2) is 7.87. The third-order valence-electron chi connectivity index (χ3n) is 4.42. The third kappa shape index (κ3) is 3.92. The smallest absolute Gasteiger partial charge is 0.347 e. The van der Waals surface area contributed by atoms with E-state index < -0.39 is 23.6 Å². The molecule has 0 atom stereocenters. The highest BCUT2D eigenvalue weighted by Crippen LogP contribution is 2.34. The number of amides is 2. The minimum atomic E-state index is -4.61. The first kappa shape index (κ1) is 19.7. The van der Waals surface area contributed by atoms with Crippen LogP contribution < -0.4 is 10.6 Å². The summed E-state index contributed by atoms with van der Waals surface area (Å²) in [5.41, 5.74) is -0.568. The molecule has 0 aliphatic carbocycles. The molecule has 6 nitrogen and oxygen atoms in total. The van der Waals surface area contributed by atoms with E-state index in [1.165, 1.54) is 24.3 Å². The molecule has 0 unspecified atom stereocenters. The lowest BCUT2D eigenvalue weighted by Crippen LogP contribution is -2.25. The topological polar surface area (TPSA) is 76.0 Å². The number of carbonyl (C=O) groups excluding carboxylic acids is 2. The van der Waals surface area contributed by atoms with Gasteiger partial charge in [-0.2, -0.15) is 13.2 Å². The van der Waals surface area contributed by atoms with Crippen molar-refractivity contribution in [3.05, 3.63) is 59.7 Å². The molecule has 2 amide bonds. The number of fused-ring (bicyclic) bond motifs is 1. The summed E-state index contributed by atoms with van der Waals surface area (Å²) in [5, 5.41) is 4.91. The first-order valence-corrected chi connectivity index (χ1v) is 8.79. The zero-order chi connectivity index (χ0) is 20.3. The summed E-state index contributed by atoms with van der Waals surface area (Å²) in [4.78, 5) is 29.2. The molecule has 1 aromatic carbocycles. The van der Waals surface area contributed by atoms with Gasteiger partial charge in [-0.15, -0.1) is 6.58 Å². The molecule has 148 valence electrons. The van der Waals surface area contributed by atoms with Crippen LogP contribution in [0.25, 0.3) is 0 Å². The van der Waals surface area contributed by atoms with Gasteiger partial charge in [0, 0.05) is 13.1 Å². The van der Waals surface area contributed by atoms with Gasteiger partial charge in [0.25, 0.3) is 11.8 Å². The zero-order valence-electron chi connectivity index (χ0n) is 15.0. The number of aromatic nitrogens is 2. The molecule has 28 heavy (non-hydrogen) atoms. The van der Waals surface area contributed by atoms with Gasteiger partial charge in [0.1, 0.15) is 5.69 Å². The molecule has 2 heterocycles. The molecule has 0 saturated heterocycles. The van der Waals surface area contributed by atoms with E-state index in [2.05, 4.69) is 22.2 Å². The van der Waals surface area contributed by atoms with Crippen LogP contribution in [0.5, 0.6) is 0 Å². The summed E-state index contributed by atoms with van der Waals surface area (Å²) in [6.07, 6.45) is -0.897. The standard InChI is InChI=1S/C19H19F3N4O2/c1-2-10-23-17(27)15-14-9-5-6-11-26(14)16(25-15)18(28)24-13-8-4-3-7-12(13)19(20,21)22/h2-4,7-8H,1,5-6,9-11H2,(H,23,27)(H,24,28). The molecule has 1 aromatic heterocycles. The molecule has 1 aliphatic heterocycles. The highest BCUT2D eigenvalue weighted by atomic mass is 19.4. The van der Waals surface area contributed by atoms with Gasteiger partial charge < -0.3 is 15.2 Å². The average Bonchev–Trinajstić information content (AvgIpc) is 3.05. The molecule has 2 aromatic rings. The molecule has 3 rings (SSSR count). The normalized spacial score (nSPS) is 13.5. The van der Waals surface area contributed by atoms with Crippen LogP contribution in [-0.4, -0.2) is 27.9 Å². The number of anilines is 1. The van der Waals surface area contributed by atoms with Gasteiger partial charge in [-0.3, -0.25) is 9.59 Å². The third-order valence-corrected chi connectivity index (χ3v) is 4.42. The number of nitrogens with one attached hydrogen (secondary N) is 2. The van der Waals surface area contributed by atoms with Crippen molar-refractivity contribution in [1.82, 2.24) is 14.9 Å². The van der Waals surface area contributed by atoms with Crippen LogP contribution in [0.1, 0.15) is 45.2 Å². The Hall–Kier alpha value is -3.10. The van der Waals surface area contributed by atoms with Gasteiger partial charge in [-0.05, 0) is 31.4 Å². The van der Waals surface area contributed by atoms with E-state index in [9.17, 15) is 22.8 Å².